The number of hydrogen-bond donors (Lipinski definition) is 2. The lowest BCUT2D eigenvalue weighted by molar-refractivity contribution is 0.221. The summed E-state index contributed by atoms with van der Waals surface area (Å²) in [5.74, 6) is 0. The Bertz CT molecular complexity index is 715. The molecule has 2 N–H and O–H groups in total. The molecule has 2 nitrogen and oxygen atoms in total. The second-order valence-electron chi connectivity index (χ2n) is 4.66. The lowest BCUT2D eigenvalue weighted by atomic mass is 9.99. The molecule has 3 heteroatoms. The van der Waals surface area contributed by atoms with Gasteiger partial charge in [-0.15, -0.1) is 0 Å². The maximum Gasteiger partial charge on any atom is 0.106 e. The standard InChI is InChI=1S/C16H14ClNO/c1-10-15(13-4-2-3-5-14(13)18-10)16(19)11-6-8-12(17)9-7-11/h2-9,16,18-19H,1H3. The highest BCUT2D eigenvalue weighted by Gasteiger charge is 2.17. The molecule has 2 aromatic carbocycles. The second-order valence-corrected chi connectivity index (χ2v) is 5.10. The molecule has 1 aromatic heterocycles. The highest BCUT2D eigenvalue weighted by molar-refractivity contribution is 6.30. The van der Waals surface area contributed by atoms with Crippen molar-refractivity contribution in [2.75, 3.05) is 0 Å². The fourth-order valence-electron chi connectivity index (χ4n) is 2.46. The van der Waals surface area contributed by atoms with E-state index in [2.05, 4.69) is 4.98 Å². The summed E-state index contributed by atoms with van der Waals surface area (Å²) in [5.41, 5.74) is 3.81. The van der Waals surface area contributed by atoms with Crippen molar-refractivity contribution in [1.29, 1.82) is 0 Å². The highest BCUT2D eigenvalue weighted by atomic mass is 35.5. The van der Waals surface area contributed by atoms with Crippen LogP contribution in [0.3, 0.4) is 0 Å². The Morgan fingerprint density at radius 3 is 2.47 bits per heavy atom. The van der Waals surface area contributed by atoms with E-state index in [0.29, 0.717) is 5.02 Å². The third-order valence-electron chi connectivity index (χ3n) is 3.40. The molecule has 0 aliphatic carbocycles. The van der Waals surface area contributed by atoms with Crippen LogP contribution in [0.5, 0.6) is 0 Å². The molecular formula is C16H14ClNO. The summed E-state index contributed by atoms with van der Waals surface area (Å²) in [6.07, 6.45) is -0.645. The highest BCUT2D eigenvalue weighted by Crippen LogP contribution is 2.32. The number of H-pyrrole nitrogens is 1. The Morgan fingerprint density at radius 1 is 1.05 bits per heavy atom. The molecule has 0 spiro atoms. The van der Waals surface area contributed by atoms with E-state index in [-0.39, 0.29) is 0 Å². The number of aliphatic hydroxyl groups excluding tert-OH is 1. The summed E-state index contributed by atoms with van der Waals surface area (Å²) in [5, 5.41) is 12.3. The molecule has 0 amide bonds. The fourth-order valence-corrected chi connectivity index (χ4v) is 2.59. The van der Waals surface area contributed by atoms with Gasteiger partial charge in [0.25, 0.3) is 0 Å². The molecule has 3 aromatic rings. The number of rotatable bonds is 2. The lowest BCUT2D eigenvalue weighted by Crippen LogP contribution is -2.00. The van der Waals surface area contributed by atoms with Crippen molar-refractivity contribution in [2.24, 2.45) is 0 Å². The van der Waals surface area contributed by atoms with Crippen LogP contribution in [0.1, 0.15) is 22.9 Å². The number of aromatic nitrogens is 1. The zero-order valence-electron chi connectivity index (χ0n) is 10.5. The first-order chi connectivity index (χ1) is 9.16. The predicted molar refractivity (Wildman–Crippen MR) is 78.5 cm³/mol. The molecule has 0 bridgehead atoms. The van der Waals surface area contributed by atoms with Crippen molar-refractivity contribution in [3.63, 3.8) is 0 Å². The Hall–Kier alpha value is -1.77. The van der Waals surface area contributed by atoms with Gasteiger partial charge in [-0.25, -0.2) is 0 Å². The van der Waals surface area contributed by atoms with E-state index in [4.69, 9.17) is 11.6 Å². The molecule has 0 fully saturated rings. The van der Waals surface area contributed by atoms with Crippen LogP contribution in [0, 0.1) is 6.92 Å². The van der Waals surface area contributed by atoms with E-state index in [9.17, 15) is 5.11 Å². The number of aryl methyl sites for hydroxylation is 1. The van der Waals surface area contributed by atoms with Crippen LogP contribution in [0.25, 0.3) is 10.9 Å². The van der Waals surface area contributed by atoms with Crippen molar-refractivity contribution in [3.8, 4) is 0 Å². The zero-order chi connectivity index (χ0) is 13.4. The van der Waals surface area contributed by atoms with Gasteiger partial charge in [-0.1, -0.05) is 41.9 Å². The lowest BCUT2D eigenvalue weighted by Gasteiger charge is -2.12. The zero-order valence-corrected chi connectivity index (χ0v) is 11.3. The van der Waals surface area contributed by atoms with Crippen LogP contribution < -0.4 is 0 Å². The number of nitrogens with one attached hydrogen (secondary N) is 1. The van der Waals surface area contributed by atoms with Gasteiger partial charge in [-0.05, 0) is 30.7 Å². The molecule has 3 rings (SSSR count). The van der Waals surface area contributed by atoms with Crippen molar-refractivity contribution in [2.45, 2.75) is 13.0 Å². The molecule has 0 aliphatic heterocycles. The van der Waals surface area contributed by atoms with E-state index in [1.807, 2.05) is 43.3 Å². The largest absolute Gasteiger partial charge is 0.384 e. The quantitative estimate of drug-likeness (QED) is 0.720. The number of benzene rings is 2. The maximum absolute atomic E-state index is 10.6. The minimum absolute atomic E-state index is 0.645. The van der Waals surface area contributed by atoms with Gasteiger partial charge >= 0.3 is 0 Å². The molecular weight excluding hydrogens is 258 g/mol. The molecule has 0 saturated heterocycles. The average molecular weight is 272 g/mol. The topological polar surface area (TPSA) is 36.0 Å². The van der Waals surface area contributed by atoms with Gasteiger partial charge in [0, 0.05) is 27.2 Å². The third-order valence-corrected chi connectivity index (χ3v) is 3.65. The Balaban J connectivity index is 2.13. The predicted octanol–water partition coefficient (Wildman–Crippen LogP) is 4.21. The normalized spacial score (nSPS) is 12.8. The van der Waals surface area contributed by atoms with Crippen LogP contribution in [-0.2, 0) is 0 Å². The summed E-state index contributed by atoms with van der Waals surface area (Å²) >= 11 is 5.88. The summed E-state index contributed by atoms with van der Waals surface area (Å²) in [6.45, 7) is 1.98. The van der Waals surface area contributed by atoms with Crippen molar-refractivity contribution in [1.82, 2.24) is 4.98 Å². The van der Waals surface area contributed by atoms with E-state index < -0.39 is 6.10 Å². The summed E-state index contributed by atoms with van der Waals surface area (Å²) < 4.78 is 0. The minimum Gasteiger partial charge on any atom is -0.384 e. The van der Waals surface area contributed by atoms with Gasteiger partial charge in [0.2, 0.25) is 0 Å². The molecule has 0 radical (unpaired) electrons. The number of hydrogen-bond acceptors (Lipinski definition) is 1. The summed E-state index contributed by atoms with van der Waals surface area (Å²) in [4.78, 5) is 3.30. The van der Waals surface area contributed by atoms with E-state index in [1.54, 1.807) is 12.1 Å². The van der Waals surface area contributed by atoms with Crippen LogP contribution >= 0.6 is 11.6 Å². The first kappa shape index (κ1) is 12.3. The maximum atomic E-state index is 10.6. The molecule has 96 valence electrons. The molecule has 1 heterocycles. The molecule has 0 aliphatic rings. The van der Waals surface area contributed by atoms with Crippen molar-refractivity contribution >= 4 is 22.5 Å². The van der Waals surface area contributed by atoms with Crippen molar-refractivity contribution < 1.29 is 5.11 Å². The Kier molecular flexibility index (Phi) is 3.05. The molecule has 19 heavy (non-hydrogen) atoms. The SMILES string of the molecule is Cc1[nH]c2ccccc2c1C(O)c1ccc(Cl)cc1. The van der Waals surface area contributed by atoms with Crippen LogP contribution in [0.15, 0.2) is 48.5 Å². The number of aliphatic hydroxyl groups is 1. The number of aromatic amines is 1. The first-order valence-electron chi connectivity index (χ1n) is 6.17. The van der Waals surface area contributed by atoms with Gasteiger partial charge < -0.3 is 10.1 Å². The smallest absolute Gasteiger partial charge is 0.106 e. The van der Waals surface area contributed by atoms with Gasteiger partial charge in [-0.3, -0.25) is 0 Å². The second kappa shape index (κ2) is 4.72. The first-order valence-corrected chi connectivity index (χ1v) is 6.55. The molecule has 0 saturated carbocycles. The third kappa shape index (κ3) is 2.14. The average Bonchev–Trinajstić information content (AvgIpc) is 2.74. The minimum atomic E-state index is -0.645. The number of halogens is 1. The molecule has 1 unspecified atom stereocenters. The van der Waals surface area contributed by atoms with Gasteiger partial charge in [-0.2, -0.15) is 0 Å². The van der Waals surface area contributed by atoms with Crippen molar-refractivity contribution in [3.05, 3.63) is 70.4 Å². The number of para-hydroxylation sites is 1. The monoisotopic (exact) mass is 271 g/mol. The van der Waals surface area contributed by atoms with Gasteiger partial charge in [0.05, 0.1) is 0 Å². The molecule has 1 atom stereocenters. The Morgan fingerprint density at radius 2 is 1.74 bits per heavy atom. The van der Waals surface area contributed by atoms with Crippen LogP contribution in [0.4, 0.5) is 0 Å². The van der Waals surface area contributed by atoms with Crippen LogP contribution in [0.2, 0.25) is 5.02 Å². The summed E-state index contributed by atoms with van der Waals surface area (Å²) in [6, 6.07) is 15.3. The van der Waals surface area contributed by atoms with E-state index in [1.165, 1.54) is 0 Å². The van der Waals surface area contributed by atoms with E-state index >= 15 is 0 Å². The van der Waals surface area contributed by atoms with Gasteiger partial charge in [0.15, 0.2) is 0 Å². The summed E-state index contributed by atoms with van der Waals surface area (Å²) in [7, 11) is 0. The van der Waals surface area contributed by atoms with E-state index in [0.717, 1.165) is 27.7 Å². The fraction of sp³-hybridized carbons (Fsp3) is 0.125. The van der Waals surface area contributed by atoms with Crippen LogP contribution in [-0.4, -0.2) is 10.1 Å². The Labute approximate surface area is 116 Å². The van der Waals surface area contributed by atoms with Gasteiger partial charge in [0.1, 0.15) is 6.10 Å². The number of fused-ring (bicyclic) bond motifs is 1.